The lowest BCUT2D eigenvalue weighted by Gasteiger charge is -2.20. The smallest absolute Gasteiger partial charge is 0.245 e. The quantitative estimate of drug-likeness (QED) is 0.493. The predicted molar refractivity (Wildman–Crippen MR) is 121 cm³/mol. The summed E-state index contributed by atoms with van der Waals surface area (Å²) in [6, 6.07) is 17.8. The second-order valence-electron chi connectivity index (χ2n) is 7.00. The number of carbonyl (C=O) groups is 1. The molecule has 0 unspecified atom stereocenters. The SMILES string of the molecule is COc1ccc(Cl)cc1S(=O)(=O)N[C@@H](Cc1ccccc1)C(=O)NCc1ccc(F)cc1. The van der Waals surface area contributed by atoms with Crippen molar-refractivity contribution in [1.82, 2.24) is 10.0 Å². The summed E-state index contributed by atoms with van der Waals surface area (Å²) < 4.78 is 46.9. The zero-order chi connectivity index (χ0) is 23.1. The lowest BCUT2D eigenvalue weighted by molar-refractivity contribution is -0.122. The summed E-state index contributed by atoms with van der Waals surface area (Å²) in [5.74, 6) is -0.805. The number of hydrogen-bond donors (Lipinski definition) is 2. The fraction of sp³-hybridized carbons (Fsp3) is 0.174. The van der Waals surface area contributed by atoms with Crippen molar-refractivity contribution in [3.8, 4) is 5.75 Å². The summed E-state index contributed by atoms with van der Waals surface area (Å²) in [5.41, 5.74) is 1.45. The molecule has 0 heterocycles. The van der Waals surface area contributed by atoms with Gasteiger partial charge in [0, 0.05) is 11.6 Å². The molecule has 168 valence electrons. The number of sulfonamides is 1. The van der Waals surface area contributed by atoms with Gasteiger partial charge in [0.1, 0.15) is 22.5 Å². The van der Waals surface area contributed by atoms with Crippen LogP contribution < -0.4 is 14.8 Å². The van der Waals surface area contributed by atoms with Crippen molar-refractivity contribution in [1.29, 1.82) is 0 Å². The molecule has 32 heavy (non-hydrogen) atoms. The molecule has 0 saturated heterocycles. The van der Waals surface area contributed by atoms with Gasteiger partial charge >= 0.3 is 0 Å². The highest BCUT2D eigenvalue weighted by Crippen LogP contribution is 2.27. The first-order valence-electron chi connectivity index (χ1n) is 9.70. The maximum atomic E-state index is 13.1. The Balaban J connectivity index is 1.84. The number of amides is 1. The van der Waals surface area contributed by atoms with Crippen molar-refractivity contribution < 1.29 is 22.3 Å². The predicted octanol–water partition coefficient (Wildman–Crippen LogP) is 3.69. The fourth-order valence-corrected chi connectivity index (χ4v) is 4.69. The molecule has 0 radical (unpaired) electrons. The van der Waals surface area contributed by atoms with Crippen LogP contribution in [0.25, 0.3) is 0 Å². The summed E-state index contributed by atoms with van der Waals surface area (Å²) in [6.07, 6.45) is 0.123. The average Bonchev–Trinajstić information content (AvgIpc) is 2.78. The minimum absolute atomic E-state index is 0.104. The Kier molecular flexibility index (Phi) is 7.84. The number of methoxy groups -OCH3 is 1. The largest absolute Gasteiger partial charge is 0.495 e. The summed E-state index contributed by atoms with van der Waals surface area (Å²) in [7, 11) is -2.80. The maximum absolute atomic E-state index is 13.1. The van der Waals surface area contributed by atoms with Gasteiger partial charge in [0.05, 0.1) is 7.11 Å². The van der Waals surface area contributed by atoms with Crippen molar-refractivity contribution in [3.05, 3.63) is 94.8 Å². The Morgan fingerprint density at radius 1 is 1.03 bits per heavy atom. The number of ether oxygens (including phenoxy) is 1. The standard InChI is InChI=1S/C23H22ClFN2O4S/c1-31-21-12-9-18(24)14-22(21)32(29,30)27-20(13-16-5-3-2-4-6-16)23(28)26-15-17-7-10-19(25)11-8-17/h2-12,14,20,27H,13,15H2,1H3,(H,26,28)/t20-/m0/s1. The van der Waals surface area contributed by atoms with Gasteiger partial charge in [-0.1, -0.05) is 54.1 Å². The summed E-state index contributed by atoms with van der Waals surface area (Å²) in [4.78, 5) is 12.8. The van der Waals surface area contributed by atoms with Crippen LogP contribution in [0, 0.1) is 5.82 Å². The minimum atomic E-state index is -4.15. The van der Waals surface area contributed by atoms with Crippen molar-refractivity contribution in [2.24, 2.45) is 0 Å². The van der Waals surface area contributed by atoms with Crippen molar-refractivity contribution >= 4 is 27.5 Å². The van der Waals surface area contributed by atoms with Gasteiger partial charge in [-0.15, -0.1) is 0 Å². The molecule has 0 spiro atoms. The van der Waals surface area contributed by atoms with E-state index in [1.807, 2.05) is 6.07 Å². The van der Waals surface area contributed by atoms with E-state index >= 15 is 0 Å². The molecule has 0 bridgehead atoms. The molecule has 6 nitrogen and oxygen atoms in total. The number of benzene rings is 3. The monoisotopic (exact) mass is 476 g/mol. The van der Waals surface area contributed by atoms with Crippen molar-refractivity contribution in [2.45, 2.75) is 23.9 Å². The number of nitrogens with one attached hydrogen (secondary N) is 2. The van der Waals surface area contributed by atoms with E-state index in [9.17, 15) is 17.6 Å². The first kappa shape index (κ1) is 23.7. The molecule has 3 rings (SSSR count). The molecule has 0 aliphatic heterocycles. The topological polar surface area (TPSA) is 84.5 Å². The third-order valence-electron chi connectivity index (χ3n) is 4.69. The van der Waals surface area contributed by atoms with E-state index in [1.54, 1.807) is 36.4 Å². The van der Waals surface area contributed by atoms with Gasteiger partial charge in [0.25, 0.3) is 0 Å². The Morgan fingerprint density at radius 3 is 2.38 bits per heavy atom. The van der Waals surface area contributed by atoms with Gasteiger partial charge in [-0.3, -0.25) is 4.79 Å². The molecule has 1 atom stereocenters. The molecule has 2 N–H and O–H groups in total. The third kappa shape index (κ3) is 6.29. The van der Waals surface area contributed by atoms with E-state index in [0.717, 1.165) is 5.56 Å². The van der Waals surface area contributed by atoms with E-state index in [1.165, 1.54) is 37.4 Å². The van der Waals surface area contributed by atoms with E-state index in [2.05, 4.69) is 10.0 Å². The Labute approximate surface area is 191 Å². The van der Waals surface area contributed by atoms with Crippen LogP contribution in [0.1, 0.15) is 11.1 Å². The third-order valence-corrected chi connectivity index (χ3v) is 6.42. The number of halogens is 2. The van der Waals surface area contributed by atoms with E-state index < -0.39 is 22.0 Å². The van der Waals surface area contributed by atoms with Crippen molar-refractivity contribution in [2.75, 3.05) is 7.11 Å². The van der Waals surface area contributed by atoms with Gasteiger partial charge in [0.15, 0.2) is 0 Å². The van der Waals surface area contributed by atoms with Crippen LogP contribution in [0.15, 0.2) is 77.7 Å². The molecule has 0 saturated carbocycles. The molecule has 0 aliphatic rings. The number of hydrogen-bond acceptors (Lipinski definition) is 4. The lowest BCUT2D eigenvalue weighted by Crippen LogP contribution is -2.47. The van der Waals surface area contributed by atoms with E-state index in [-0.39, 0.29) is 34.5 Å². The Bertz CT molecular complexity index is 1170. The maximum Gasteiger partial charge on any atom is 0.245 e. The minimum Gasteiger partial charge on any atom is -0.495 e. The zero-order valence-corrected chi connectivity index (χ0v) is 18.8. The molecule has 3 aromatic rings. The zero-order valence-electron chi connectivity index (χ0n) is 17.2. The second kappa shape index (κ2) is 10.6. The van der Waals surface area contributed by atoms with Gasteiger partial charge in [-0.05, 0) is 47.9 Å². The molecule has 0 aromatic heterocycles. The molecule has 0 fully saturated rings. The van der Waals surface area contributed by atoms with Crippen LogP contribution in [0.4, 0.5) is 4.39 Å². The molecular weight excluding hydrogens is 455 g/mol. The highest BCUT2D eigenvalue weighted by molar-refractivity contribution is 7.89. The van der Waals surface area contributed by atoms with E-state index in [4.69, 9.17) is 16.3 Å². The van der Waals surface area contributed by atoms with Crippen LogP contribution in [0.2, 0.25) is 5.02 Å². The lowest BCUT2D eigenvalue weighted by atomic mass is 10.1. The Hall–Kier alpha value is -2.94. The first-order chi connectivity index (χ1) is 15.3. The normalized spacial score (nSPS) is 12.2. The van der Waals surface area contributed by atoms with Crippen LogP contribution in [-0.4, -0.2) is 27.5 Å². The molecule has 9 heteroatoms. The van der Waals surface area contributed by atoms with Gasteiger partial charge in [-0.25, -0.2) is 12.8 Å². The van der Waals surface area contributed by atoms with Crippen LogP contribution >= 0.6 is 11.6 Å². The molecule has 0 aliphatic carbocycles. The van der Waals surface area contributed by atoms with Gasteiger partial charge in [-0.2, -0.15) is 4.72 Å². The highest BCUT2D eigenvalue weighted by atomic mass is 35.5. The Morgan fingerprint density at radius 2 is 1.72 bits per heavy atom. The second-order valence-corrected chi connectivity index (χ2v) is 9.12. The van der Waals surface area contributed by atoms with Gasteiger partial charge < -0.3 is 10.1 Å². The average molecular weight is 477 g/mol. The van der Waals surface area contributed by atoms with Crippen LogP contribution in [0.5, 0.6) is 5.75 Å². The molecule has 1 amide bonds. The number of carbonyl (C=O) groups excluding carboxylic acids is 1. The van der Waals surface area contributed by atoms with Crippen molar-refractivity contribution in [3.63, 3.8) is 0 Å². The summed E-state index contributed by atoms with van der Waals surface area (Å²) >= 11 is 5.98. The fourth-order valence-electron chi connectivity index (χ4n) is 3.06. The summed E-state index contributed by atoms with van der Waals surface area (Å²) in [6.45, 7) is 0.118. The first-order valence-corrected chi connectivity index (χ1v) is 11.6. The molecule has 3 aromatic carbocycles. The highest BCUT2D eigenvalue weighted by Gasteiger charge is 2.28. The molecular formula is C23H22ClFN2O4S. The van der Waals surface area contributed by atoms with Crippen LogP contribution in [-0.2, 0) is 27.8 Å². The summed E-state index contributed by atoms with van der Waals surface area (Å²) in [5, 5.41) is 2.92. The number of rotatable bonds is 9. The van der Waals surface area contributed by atoms with E-state index in [0.29, 0.717) is 5.56 Å². The van der Waals surface area contributed by atoms with Crippen LogP contribution in [0.3, 0.4) is 0 Å². The van der Waals surface area contributed by atoms with Gasteiger partial charge in [0.2, 0.25) is 15.9 Å².